The minimum Gasteiger partial charge on any atom is -0.425 e. The van der Waals surface area contributed by atoms with E-state index < -0.39 is 22.0 Å². The predicted molar refractivity (Wildman–Crippen MR) is 150 cm³/mol. The quantitative estimate of drug-likeness (QED) is 0.180. The highest BCUT2D eigenvalue weighted by Crippen LogP contribution is 2.33. The molecule has 202 valence electrons. The molecule has 0 radical (unpaired) electrons. The van der Waals surface area contributed by atoms with Crippen molar-refractivity contribution in [2.75, 3.05) is 0 Å². The Morgan fingerprint density at radius 2 is 1.74 bits per heavy atom. The summed E-state index contributed by atoms with van der Waals surface area (Å²) < 4.78 is 40.5. The van der Waals surface area contributed by atoms with Crippen molar-refractivity contribution in [1.29, 1.82) is 0 Å². The zero-order valence-electron chi connectivity index (χ0n) is 22.0. The number of hydrogen-bond donors (Lipinski definition) is 1. The number of ether oxygens (including phenoxy) is 1. The molecule has 1 N–H and O–H groups in total. The van der Waals surface area contributed by atoms with Crippen molar-refractivity contribution in [2.45, 2.75) is 63.3 Å². The van der Waals surface area contributed by atoms with Crippen molar-refractivity contribution < 1.29 is 22.4 Å². The minimum absolute atomic E-state index is 0.0620. The van der Waals surface area contributed by atoms with Gasteiger partial charge in [0.05, 0.1) is 4.90 Å². The number of rotatable bonds is 9. The summed E-state index contributed by atoms with van der Waals surface area (Å²) in [6, 6.07) is 17.9. The fourth-order valence-corrected chi connectivity index (χ4v) is 6.27. The first-order chi connectivity index (χ1) is 18.7. The Bertz CT molecular complexity index is 1670. The zero-order valence-corrected chi connectivity index (χ0v) is 22.8. The van der Waals surface area contributed by atoms with Gasteiger partial charge in [0, 0.05) is 17.0 Å². The van der Waals surface area contributed by atoms with E-state index in [0.29, 0.717) is 18.4 Å². The first kappa shape index (κ1) is 26.8. The molecule has 0 aliphatic heterocycles. The van der Waals surface area contributed by atoms with Gasteiger partial charge >= 0.3 is 11.6 Å². The Morgan fingerprint density at radius 3 is 2.46 bits per heavy atom. The molecule has 0 bridgehead atoms. The fraction of sp³-hybridized carbons (Fsp3) is 0.290. The molecule has 0 unspecified atom stereocenters. The highest BCUT2D eigenvalue weighted by Gasteiger charge is 2.29. The van der Waals surface area contributed by atoms with Gasteiger partial charge in [-0.2, -0.15) is 4.72 Å². The van der Waals surface area contributed by atoms with Gasteiger partial charge in [-0.25, -0.2) is 18.0 Å². The number of hydrogen-bond acceptors (Lipinski definition) is 6. The van der Waals surface area contributed by atoms with E-state index in [1.165, 1.54) is 12.1 Å². The minimum atomic E-state index is -4.01. The number of carbonyl (C=O) groups is 1. The van der Waals surface area contributed by atoms with E-state index >= 15 is 0 Å². The van der Waals surface area contributed by atoms with Gasteiger partial charge in [0.1, 0.15) is 17.4 Å². The summed E-state index contributed by atoms with van der Waals surface area (Å²) in [6.07, 6.45) is 3.97. The average molecular weight is 546 g/mol. The third kappa shape index (κ3) is 5.82. The molecule has 0 spiro atoms. The Labute approximate surface area is 227 Å². The number of benzene rings is 3. The number of esters is 1. The third-order valence-corrected chi connectivity index (χ3v) is 8.57. The second-order valence-corrected chi connectivity index (χ2v) is 11.7. The molecule has 1 aliphatic rings. The van der Waals surface area contributed by atoms with Crippen LogP contribution < -0.4 is 15.1 Å². The third-order valence-electron chi connectivity index (χ3n) is 7.08. The first-order valence-electron chi connectivity index (χ1n) is 13.2. The van der Waals surface area contributed by atoms with E-state index in [1.54, 1.807) is 18.2 Å². The topological polar surface area (TPSA) is 103 Å². The van der Waals surface area contributed by atoms with Crippen LogP contribution in [0.3, 0.4) is 0 Å². The van der Waals surface area contributed by atoms with Gasteiger partial charge in [-0.1, -0.05) is 61.4 Å². The normalized spacial score (nSPS) is 13.8. The average Bonchev–Trinajstić information content (AvgIpc) is 3.41. The highest BCUT2D eigenvalue weighted by molar-refractivity contribution is 7.89. The van der Waals surface area contributed by atoms with Crippen molar-refractivity contribution in [3.63, 3.8) is 0 Å². The molecule has 1 aliphatic carbocycles. The molecular formula is C31H31NO6S. The number of sulfonamides is 1. The van der Waals surface area contributed by atoms with Crippen molar-refractivity contribution in [2.24, 2.45) is 0 Å². The lowest BCUT2D eigenvalue weighted by Crippen LogP contribution is -2.44. The van der Waals surface area contributed by atoms with Crippen LogP contribution in [0.4, 0.5) is 0 Å². The van der Waals surface area contributed by atoms with Crippen LogP contribution in [0.1, 0.15) is 47.6 Å². The van der Waals surface area contributed by atoms with Crippen LogP contribution >= 0.6 is 0 Å². The predicted octanol–water partition coefficient (Wildman–Crippen LogP) is 5.04. The molecule has 5 rings (SSSR count). The monoisotopic (exact) mass is 545 g/mol. The van der Waals surface area contributed by atoms with Crippen LogP contribution in [0.25, 0.3) is 11.0 Å². The van der Waals surface area contributed by atoms with Crippen molar-refractivity contribution in [3.8, 4) is 5.75 Å². The maximum absolute atomic E-state index is 13.6. The maximum atomic E-state index is 13.6. The van der Waals surface area contributed by atoms with Crippen LogP contribution in [0.5, 0.6) is 5.75 Å². The van der Waals surface area contributed by atoms with Gasteiger partial charge in [-0.05, 0) is 73.9 Å². The number of aryl methyl sites for hydroxylation is 3. The molecule has 0 amide bonds. The van der Waals surface area contributed by atoms with Crippen LogP contribution in [0.15, 0.2) is 80.8 Å². The zero-order chi connectivity index (χ0) is 27.6. The molecule has 4 aromatic rings. The fourth-order valence-electron chi connectivity index (χ4n) is 5.09. The molecule has 0 saturated heterocycles. The van der Waals surface area contributed by atoms with Gasteiger partial charge in [-0.15, -0.1) is 0 Å². The second-order valence-electron chi connectivity index (χ2n) is 10.0. The second kappa shape index (κ2) is 11.2. The van der Waals surface area contributed by atoms with Crippen molar-refractivity contribution in [1.82, 2.24) is 4.72 Å². The SMILES string of the molecule is CCCc1cc2c3c(c(=O)oc2cc1OC(=O)[C@H](Cc1ccccc1)NS(=O)(=O)c1ccc(C)cc1)CCC3. The van der Waals surface area contributed by atoms with E-state index in [0.717, 1.165) is 52.5 Å². The lowest BCUT2D eigenvalue weighted by atomic mass is 10.0. The summed E-state index contributed by atoms with van der Waals surface area (Å²) in [6.45, 7) is 3.90. The molecule has 0 fully saturated rings. The van der Waals surface area contributed by atoms with E-state index in [1.807, 2.05) is 50.2 Å². The number of carbonyl (C=O) groups excluding carboxylic acids is 1. The summed E-state index contributed by atoms with van der Waals surface area (Å²) in [5.41, 5.74) is 4.24. The molecule has 3 aromatic carbocycles. The Balaban J connectivity index is 1.50. The molecule has 1 atom stereocenters. The Kier molecular flexibility index (Phi) is 7.68. The molecule has 7 nitrogen and oxygen atoms in total. The van der Waals surface area contributed by atoms with E-state index in [4.69, 9.17) is 9.15 Å². The van der Waals surface area contributed by atoms with Crippen LogP contribution in [-0.2, 0) is 40.5 Å². The molecular weight excluding hydrogens is 514 g/mol. The largest absolute Gasteiger partial charge is 0.425 e. The van der Waals surface area contributed by atoms with Gasteiger partial charge in [0.15, 0.2) is 0 Å². The van der Waals surface area contributed by atoms with Gasteiger partial charge in [-0.3, -0.25) is 0 Å². The molecule has 1 heterocycles. The standard InChI is InChI=1S/C31H31NO6S/c1-3-8-22-18-26-24-11-7-12-25(24)30(33)38-29(26)19-28(22)37-31(34)27(17-21-9-5-4-6-10-21)32-39(35,36)23-15-13-20(2)14-16-23/h4-6,9-10,13-16,18-19,27,32H,3,7-8,11-12,17H2,1-2H3/t27-/m0/s1. The Hall–Kier alpha value is -3.75. The summed E-state index contributed by atoms with van der Waals surface area (Å²) in [4.78, 5) is 26.2. The van der Waals surface area contributed by atoms with Crippen molar-refractivity contribution >= 4 is 27.0 Å². The summed E-state index contributed by atoms with van der Waals surface area (Å²) in [5, 5.41) is 0.867. The summed E-state index contributed by atoms with van der Waals surface area (Å²) >= 11 is 0. The van der Waals surface area contributed by atoms with Gasteiger partial charge in [0.2, 0.25) is 10.0 Å². The van der Waals surface area contributed by atoms with Crippen LogP contribution in [0, 0.1) is 6.92 Å². The van der Waals surface area contributed by atoms with Crippen LogP contribution in [-0.4, -0.2) is 20.4 Å². The van der Waals surface area contributed by atoms with E-state index in [-0.39, 0.29) is 22.7 Å². The smallest absolute Gasteiger partial charge is 0.339 e. The van der Waals surface area contributed by atoms with Crippen LogP contribution in [0.2, 0.25) is 0 Å². The van der Waals surface area contributed by atoms with Crippen molar-refractivity contribution in [3.05, 3.63) is 105 Å². The Morgan fingerprint density at radius 1 is 1.03 bits per heavy atom. The van der Waals surface area contributed by atoms with E-state index in [9.17, 15) is 18.0 Å². The summed E-state index contributed by atoms with van der Waals surface area (Å²) in [5.74, 6) is -0.474. The lowest BCUT2D eigenvalue weighted by molar-refractivity contribution is -0.136. The molecule has 39 heavy (non-hydrogen) atoms. The first-order valence-corrected chi connectivity index (χ1v) is 14.7. The van der Waals surface area contributed by atoms with Gasteiger partial charge < -0.3 is 9.15 Å². The van der Waals surface area contributed by atoms with Gasteiger partial charge in [0.25, 0.3) is 0 Å². The lowest BCUT2D eigenvalue weighted by Gasteiger charge is -2.19. The summed E-state index contributed by atoms with van der Waals surface area (Å²) in [7, 11) is -4.01. The molecule has 0 saturated carbocycles. The number of fused-ring (bicyclic) bond motifs is 3. The molecule has 1 aromatic heterocycles. The van der Waals surface area contributed by atoms with E-state index in [2.05, 4.69) is 4.72 Å². The maximum Gasteiger partial charge on any atom is 0.339 e. The highest BCUT2D eigenvalue weighted by atomic mass is 32.2. The molecule has 8 heteroatoms. The number of nitrogens with one attached hydrogen (secondary N) is 1.